The summed E-state index contributed by atoms with van der Waals surface area (Å²) >= 11 is 0. The molecule has 0 saturated heterocycles. The van der Waals surface area contributed by atoms with Crippen LogP contribution in [0.15, 0.2) is 72.5 Å². The highest BCUT2D eigenvalue weighted by Crippen LogP contribution is 2.37. The second kappa shape index (κ2) is 9.67. The van der Waals surface area contributed by atoms with Crippen LogP contribution < -0.4 is 10.4 Å². The largest absolute Gasteiger partial charge is 0.534 e. The van der Waals surface area contributed by atoms with Crippen LogP contribution in [-0.4, -0.2) is 57.5 Å². The summed E-state index contributed by atoms with van der Waals surface area (Å²) in [6.07, 6.45) is -0.393. The van der Waals surface area contributed by atoms with Crippen LogP contribution in [0, 0.1) is 0 Å². The van der Waals surface area contributed by atoms with Crippen molar-refractivity contribution in [2.24, 2.45) is 0 Å². The Balaban J connectivity index is 2.01. The Labute approximate surface area is 203 Å². The molecule has 0 aromatic heterocycles. The number of benzene rings is 2. The van der Waals surface area contributed by atoms with E-state index in [1.165, 1.54) is 0 Å². The van der Waals surface area contributed by atoms with Gasteiger partial charge in [0.2, 0.25) is 0 Å². The summed E-state index contributed by atoms with van der Waals surface area (Å²) in [5, 5.41) is 11.0. The molecule has 2 aromatic carbocycles. The van der Waals surface area contributed by atoms with Crippen molar-refractivity contribution in [3.8, 4) is 0 Å². The molecule has 1 aliphatic rings. The number of hydrogen-bond acceptors (Lipinski definition) is 5. The van der Waals surface area contributed by atoms with E-state index >= 15 is 0 Å². The van der Waals surface area contributed by atoms with Gasteiger partial charge in [0.1, 0.15) is 5.76 Å². The van der Waals surface area contributed by atoms with Crippen molar-refractivity contribution in [1.82, 2.24) is 4.90 Å². The summed E-state index contributed by atoms with van der Waals surface area (Å²) in [5.41, 5.74) is -5.63. The summed E-state index contributed by atoms with van der Waals surface area (Å²) in [5.74, 6) is -0.624. The van der Waals surface area contributed by atoms with E-state index in [1.807, 2.05) is 81.4 Å². The highest BCUT2D eigenvalue weighted by atomic mass is 32.2. The molecule has 3 rings (SSSR count). The Bertz CT molecular complexity index is 1140. The Kier molecular flexibility index (Phi) is 7.39. The molecule has 12 heteroatoms. The van der Waals surface area contributed by atoms with E-state index in [0.29, 0.717) is 0 Å². The fraction of sp³-hybridized carbons (Fsp3) is 0.348. The third-order valence-corrected chi connectivity index (χ3v) is 11.7. The number of alkyl halides is 3. The SMILES string of the molecule is CC(C)(C)[Si](OCC1C=C(OS(=O)(=O)C(F)(F)F)CN1C(=O)O)(c1ccccc1)c1ccccc1. The van der Waals surface area contributed by atoms with E-state index in [1.54, 1.807) is 0 Å². The molecule has 1 N–H and O–H groups in total. The molecule has 0 aliphatic carbocycles. The van der Waals surface area contributed by atoms with Gasteiger partial charge in [-0.05, 0) is 21.5 Å². The molecule has 0 saturated carbocycles. The molecule has 2 aromatic rings. The molecule has 190 valence electrons. The van der Waals surface area contributed by atoms with Crippen molar-refractivity contribution in [2.45, 2.75) is 37.4 Å². The molecular weight excluding hydrogens is 503 g/mol. The lowest BCUT2D eigenvalue weighted by Gasteiger charge is -2.43. The summed E-state index contributed by atoms with van der Waals surface area (Å²) < 4.78 is 72.0. The number of rotatable bonds is 7. The fourth-order valence-corrected chi connectivity index (χ4v) is 9.27. The van der Waals surface area contributed by atoms with Crippen LogP contribution in [0.1, 0.15) is 20.8 Å². The zero-order valence-electron chi connectivity index (χ0n) is 19.3. The van der Waals surface area contributed by atoms with Crippen LogP contribution in [0.5, 0.6) is 0 Å². The monoisotopic (exact) mass is 529 g/mol. The highest BCUT2D eigenvalue weighted by Gasteiger charge is 2.52. The van der Waals surface area contributed by atoms with Gasteiger partial charge in [0.25, 0.3) is 8.32 Å². The molecule has 1 amide bonds. The Morgan fingerprint density at radius 1 is 1.03 bits per heavy atom. The normalized spacial score (nSPS) is 17.3. The number of halogens is 3. The predicted octanol–water partition coefficient (Wildman–Crippen LogP) is 3.68. The average Bonchev–Trinajstić information content (AvgIpc) is 3.16. The molecule has 1 aliphatic heterocycles. The van der Waals surface area contributed by atoms with Crippen molar-refractivity contribution in [3.63, 3.8) is 0 Å². The standard InChI is InChI=1S/C23H26F3NO6SSi/c1-22(2,3)35(19-10-6-4-7-11-19,20-12-8-5-9-13-20)32-16-17-14-18(15-27(17)21(28)29)33-34(30,31)23(24,25)26/h4-14,17H,15-16H2,1-3H3,(H,28,29). The smallest absolute Gasteiger partial charge is 0.465 e. The third kappa shape index (κ3) is 5.39. The molecule has 0 radical (unpaired) electrons. The van der Waals surface area contributed by atoms with Gasteiger partial charge in [0.05, 0.1) is 19.2 Å². The zero-order chi connectivity index (χ0) is 26.1. The fourth-order valence-electron chi connectivity index (χ4n) is 4.20. The maximum Gasteiger partial charge on any atom is 0.534 e. The van der Waals surface area contributed by atoms with Gasteiger partial charge in [0.15, 0.2) is 0 Å². The maximum atomic E-state index is 12.8. The quantitative estimate of drug-likeness (QED) is 0.334. The molecule has 0 bridgehead atoms. The number of amides is 1. The first-order chi connectivity index (χ1) is 16.2. The average molecular weight is 530 g/mol. The van der Waals surface area contributed by atoms with E-state index < -0.39 is 53.4 Å². The molecular formula is C23H26F3NO6SSi. The Morgan fingerprint density at radius 3 is 1.91 bits per heavy atom. The topological polar surface area (TPSA) is 93.1 Å². The van der Waals surface area contributed by atoms with Gasteiger partial charge in [-0.1, -0.05) is 81.4 Å². The van der Waals surface area contributed by atoms with Crippen LogP contribution in [0.3, 0.4) is 0 Å². The van der Waals surface area contributed by atoms with Crippen molar-refractivity contribution in [3.05, 3.63) is 72.5 Å². The molecule has 0 spiro atoms. The van der Waals surface area contributed by atoms with E-state index in [2.05, 4.69) is 4.18 Å². The van der Waals surface area contributed by atoms with Gasteiger partial charge < -0.3 is 13.7 Å². The van der Waals surface area contributed by atoms with Crippen LogP contribution in [-0.2, 0) is 18.7 Å². The predicted molar refractivity (Wildman–Crippen MR) is 126 cm³/mol. The first kappa shape index (κ1) is 26.8. The zero-order valence-corrected chi connectivity index (χ0v) is 21.1. The minimum absolute atomic E-state index is 0.210. The van der Waals surface area contributed by atoms with Gasteiger partial charge >= 0.3 is 21.7 Å². The Morgan fingerprint density at radius 2 is 1.51 bits per heavy atom. The Hall–Kier alpha value is -2.83. The van der Waals surface area contributed by atoms with Gasteiger partial charge in [-0.25, -0.2) is 4.79 Å². The minimum Gasteiger partial charge on any atom is -0.465 e. The molecule has 0 fully saturated rings. The highest BCUT2D eigenvalue weighted by molar-refractivity contribution is 7.87. The lowest BCUT2D eigenvalue weighted by atomic mass is 10.2. The van der Waals surface area contributed by atoms with Gasteiger partial charge in [-0.2, -0.15) is 21.6 Å². The number of hydrogen-bond donors (Lipinski definition) is 1. The van der Waals surface area contributed by atoms with Gasteiger partial charge in [0, 0.05) is 0 Å². The van der Waals surface area contributed by atoms with Crippen molar-refractivity contribution >= 4 is 34.9 Å². The number of carboxylic acid groups (broad SMARTS) is 1. The summed E-state index contributed by atoms with van der Waals surface area (Å²) in [6.45, 7) is 5.19. The summed E-state index contributed by atoms with van der Waals surface area (Å²) in [7, 11) is -8.99. The molecule has 1 atom stereocenters. The van der Waals surface area contributed by atoms with Gasteiger partial charge in [-0.3, -0.25) is 4.90 Å². The summed E-state index contributed by atoms with van der Waals surface area (Å²) in [6, 6.07) is 18.0. The first-order valence-corrected chi connectivity index (χ1v) is 14.0. The lowest BCUT2D eigenvalue weighted by molar-refractivity contribution is -0.0522. The number of carbonyl (C=O) groups is 1. The first-order valence-electron chi connectivity index (χ1n) is 10.6. The van der Waals surface area contributed by atoms with Gasteiger partial charge in [-0.15, -0.1) is 0 Å². The van der Waals surface area contributed by atoms with Crippen molar-refractivity contribution in [1.29, 1.82) is 0 Å². The van der Waals surface area contributed by atoms with E-state index in [9.17, 15) is 31.5 Å². The van der Waals surface area contributed by atoms with E-state index in [4.69, 9.17) is 4.43 Å². The van der Waals surface area contributed by atoms with Crippen LogP contribution in [0.4, 0.5) is 18.0 Å². The minimum atomic E-state index is -5.93. The second-order valence-electron chi connectivity index (χ2n) is 9.07. The molecule has 35 heavy (non-hydrogen) atoms. The lowest BCUT2D eigenvalue weighted by Crippen LogP contribution is -2.67. The van der Waals surface area contributed by atoms with Crippen LogP contribution in [0.2, 0.25) is 5.04 Å². The second-order valence-corrected chi connectivity index (χ2v) is 14.9. The third-order valence-electron chi connectivity index (χ3n) is 5.74. The maximum absolute atomic E-state index is 12.8. The van der Waals surface area contributed by atoms with Crippen molar-refractivity contribution < 1.29 is 40.1 Å². The van der Waals surface area contributed by atoms with E-state index in [0.717, 1.165) is 21.3 Å². The molecule has 1 unspecified atom stereocenters. The van der Waals surface area contributed by atoms with Crippen LogP contribution >= 0.6 is 0 Å². The molecule has 1 heterocycles. The van der Waals surface area contributed by atoms with Crippen molar-refractivity contribution in [2.75, 3.05) is 13.2 Å². The number of nitrogens with zero attached hydrogens (tertiary/aromatic N) is 1. The van der Waals surface area contributed by atoms with Crippen LogP contribution in [0.25, 0.3) is 0 Å². The molecule has 7 nitrogen and oxygen atoms in total. The summed E-state index contributed by atoms with van der Waals surface area (Å²) in [4.78, 5) is 12.6. The van der Waals surface area contributed by atoms with E-state index in [-0.39, 0.29) is 6.61 Å².